The van der Waals surface area contributed by atoms with E-state index in [1.165, 1.54) is 0 Å². The lowest BCUT2D eigenvalue weighted by Crippen LogP contribution is -2.50. The maximum absolute atomic E-state index is 12.3. The Hall–Kier alpha value is -4.06. The SMILES string of the molecule is Cc1nnc2n1-c1ccc(-c3cnn(CCCOCCCN4CCN(C(=O)OC(C)(C)C)CC4)c3)cc1C(c1ccc(Cl)cc1)=NC21CC1. The van der Waals surface area contributed by atoms with Crippen LogP contribution < -0.4 is 0 Å². The summed E-state index contributed by atoms with van der Waals surface area (Å²) in [6.45, 7) is 14.0. The molecule has 258 valence electrons. The van der Waals surface area contributed by atoms with Gasteiger partial charge in [-0.05, 0) is 83.2 Å². The van der Waals surface area contributed by atoms with Crippen LogP contribution in [0.25, 0.3) is 16.8 Å². The summed E-state index contributed by atoms with van der Waals surface area (Å²) in [6, 6.07) is 14.4. The van der Waals surface area contributed by atoms with E-state index >= 15 is 0 Å². The highest BCUT2D eigenvalue weighted by atomic mass is 35.5. The summed E-state index contributed by atoms with van der Waals surface area (Å²) in [5.41, 5.74) is 5.37. The zero-order chi connectivity index (χ0) is 34.2. The molecule has 1 saturated heterocycles. The van der Waals surface area contributed by atoms with E-state index in [1.54, 1.807) is 4.90 Å². The van der Waals surface area contributed by atoms with Crippen LogP contribution >= 0.6 is 11.6 Å². The number of aryl methyl sites for hydroxylation is 2. The number of carbonyl (C=O) groups is 1. The number of hydrogen-bond donors (Lipinski definition) is 0. The van der Waals surface area contributed by atoms with Crippen LogP contribution in [0.5, 0.6) is 0 Å². The van der Waals surface area contributed by atoms with E-state index in [0.717, 1.165) is 104 Å². The number of ether oxygens (including phenoxy) is 2. The Morgan fingerprint density at radius 2 is 1.63 bits per heavy atom. The zero-order valence-electron chi connectivity index (χ0n) is 28.9. The smallest absolute Gasteiger partial charge is 0.410 e. The van der Waals surface area contributed by atoms with Gasteiger partial charge in [0, 0.05) is 80.4 Å². The van der Waals surface area contributed by atoms with Gasteiger partial charge in [0.05, 0.1) is 17.6 Å². The quantitative estimate of drug-likeness (QED) is 0.181. The number of hydrogen-bond acceptors (Lipinski definition) is 8. The third-order valence-corrected chi connectivity index (χ3v) is 9.58. The monoisotopic (exact) mass is 684 g/mol. The molecular formula is C37H45ClN8O3. The summed E-state index contributed by atoms with van der Waals surface area (Å²) >= 11 is 6.26. The molecule has 49 heavy (non-hydrogen) atoms. The van der Waals surface area contributed by atoms with Crippen molar-refractivity contribution in [1.29, 1.82) is 0 Å². The fourth-order valence-corrected chi connectivity index (χ4v) is 6.72. The van der Waals surface area contributed by atoms with Crippen molar-refractivity contribution in [2.45, 2.75) is 71.1 Å². The molecule has 0 unspecified atom stereocenters. The molecule has 1 spiro atoms. The Labute approximate surface area is 292 Å². The molecule has 12 heteroatoms. The maximum Gasteiger partial charge on any atom is 0.410 e. The number of rotatable bonds is 10. The Morgan fingerprint density at radius 3 is 2.35 bits per heavy atom. The van der Waals surface area contributed by atoms with Gasteiger partial charge in [0.2, 0.25) is 0 Å². The Balaban J connectivity index is 0.934. The Morgan fingerprint density at radius 1 is 0.918 bits per heavy atom. The van der Waals surface area contributed by atoms with Crippen LogP contribution in [0.15, 0.2) is 59.9 Å². The summed E-state index contributed by atoms with van der Waals surface area (Å²) in [5, 5.41) is 14.4. The van der Waals surface area contributed by atoms with Crippen molar-refractivity contribution in [3.8, 4) is 16.8 Å². The molecule has 7 rings (SSSR count). The lowest BCUT2D eigenvalue weighted by Gasteiger charge is -2.35. The summed E-state index contributed by atoms with van der Waals surface area (Å²) in [6.07, 6.45) is 7.57. The molecule has 1 aliphatic carbocycles. The van der Waals surface area contributed by atoms with Gasteiger partial charge in [-0.15, -0.1) is 10.2 Å². The minimum absolute atomic E-state index is 0.219. The van der Waals surface area contributed by atoms with E-state index in [1.807, 2.05) is 62.8 Å². The second-order valence-electron chi connectivity index (χ2n) is 14.3. The van der Waals surface area contributed by atoms with Gasteiger partial charge in [0.1, 0.15) is 17.0 Å². The van der Waals surface area contributed by atoms with E-state index in [9.17, 15) is 4.79 Å². The number of fused-ring (bicyclic) bond motifs is 4. The van der Waals surface area contributed by atoms with Crippen molar-refractivity contribution >= 4 is 23.4 Å². The lowest BCUT2D eigenvalue weighted by atomic mass is 9.96. The molecule has 2 aromatic heterocycles. The molecule has 11 nitrogen and oxygen atoms in total. The summed E-state index contributed by atoms with van der Waals surface area (Å²) < 4.78 is 15.6. The second-order valence-corrected chi connectivity index (χ2v) is 14.7. The largest absolute Gasteiger partial charge is 0.444 e. The summed E-state index contributed by atoms with van der Waals surface area (Å²) in [5.74, 6) is 1.77. The summed E-state index contributed by atoms with van der Waals surface area (Å²) in [4.78, 5) is 21.9. The second kappa shape index (κ2) is 13.7. The number of aliphatic imine (C=N–C) groups is 1. The van der Waals surface area contributed by atoms with Crippen LogP contribution in [0, 0.1) is 6.92 Å². The maximum atomic E-state index is 12.3. The fraction of sp³-hybridized carbons (Fsp3) is 0.486. The first-order valence-electron chi connectivity index (χ1n) is 17.3. The van der Waals surface area contributed by atoms with Crippen molar-refractivity contribution in [3.05, 3.63) is 82.7 Å². The predicted octanol–water partition coefficient (Wildman–Crippen LogP) is 6.28. The third-order valence-electron chi connectivity index (χ3n) is 9.33. The normalized spacial score (nSPS) is 17.0. The summed E-state index contributed by atoms with van der Waals surface area (Å²) in [7, 11) is 0. The number of nitrogens with zero attached hydrogens (tertiary/aromatic N) is 8. The molecular weight excluding hydrogens is 640 g/mol. The molecule has 4 aromatic rings. The highest BCUT2D eigenvalue weighted by Crippen LogP contribution is 2.51. The zero-order valence-corrected chi connectivity index (χ0v) is 29.6. The Kier molecular flexibility index (Phi) is 9.34. The van der Waals surface area contributed by atoms with Crippen LogP contribution in [0.2, 0.25) is 5.02 Å². The van der Waals surface area contributed by atoms with Crippen molar-refractivity contribution in [3.63, 3.8) is 0 Å². The van der Waals surface area contributed by atoms with Crippen LogP contribution in [0.1, 0.15) is 69.2 Å². The average molecular weight is 685 g/mol. The third kappa shape index (κ3) is 7.44. The molecule has 2 aliphatic heterocycles. The number of halogens is 1. The van der Waals surface area contributed by atoms with Gasteiger partial charge in [-0.2, -0.15) is 5.10 Å². The molecule has 3 aliphatic rings. The van der Waals surface area contributed by atoms with Crippen molar-refractivity contribution in [2.24, 2.45) is 4.99 Å². The van der Waals surface area contributed by atoms with Crippen molar-refractivity contribution in [2.75, 3.05) is 45.9 Å². The molecule has 1 amide bonds. The average Bonchev–Trinajstić information content (AvgIpc) is 3.55. The van der Waals surface area contributed by atoms with E-state index in [2.05, 4.69) is 49.2 Å². The van der Waals surface area contributed by atoms with Gasteiger partial charge in [0.15, 0.2) is 5.82 Å². The molecule has 0 radical (unpaired) electrons. The highest BCUT2D eigenvalue weighted by molar-refractivity contribution is 6.30. The van der Waals surface area contributed by atoms with Gasteiger partial charge in [-0.3, -0.25) is 19.1 Å². The molecule has 0 bridgehead atoms. The predicted molar refractivity (Wildman–Crippen MR) is 190 cm³/mol. The Bertz CT molecular complexity index is 1830. The number of carbonyl (C=O) groups excluding carboxylic acids is 1. The van der Waals surface area contributed by atoms with Gasteiger partial charge in [-0.25, -0.2) is 4.79 Å². The van der Waals surface area contributed by atoms with Gasteiger partial charge in [-0.1, -0.05) is 29.8 Å². The van der Waals surface area contributed by atoms with E-state index < -0.39 is 5.60 Å². The molecule has 1 saturated carbocycles. The van der Waals surface area contributed by atoms with Gasteiger partial charge < -0.3 is 14.4 Å². The number of amides is 1. The highest BCUT2D eigenvalue weighted by Gasteiger charge is 2.51. The van der Waals surface area contributed by atoms with Gasteiger partial charge in [0.25, 0.3) is 0 Å². The van der Waals surface area contributed by atoms with Crippen LogP contribution in [-0.2, 0) is 21.6 Å². The number of piperazine rings is 1. The fourth-order valence-electron chi connectivity index (χ4n) is 6.59. The molecule has 4 heterocycles. The van der Waals surface area contributed by atoms with Crippen LogP contribution in [-0.4, -0.2) is 97.7 Å². The topological polar surface area (TPSA) is 103 Å². The van der Waals surface area contributed by atoms with Crippen LogP contribution in [0.3, 0.4) is 0 Å². The molecule has 2 fully saturated rings. The minimum Gasteiger partial charge on any atom is -0.444 e. The lowest BCUT2D eigenvalue weighted by molar-refractivity contribution is 0.0136. The van der Waals surface area contributed by atoms with E-state index in [0.29, 0.717) is 24.7 Å². The van der Waals surface area contributed by atoms with Crippen molar-refractivity contribution < 1.29 is 14.3 Å². The number of aromatic nitrogens is 5. The first kappa shape index (κ1) is 33.4. The first-order valence-corrected chi connectivity index (χ1v) is 17.7. The van der Waals surface area contributed by atoms with E-state index in [4.69, 9.17) is 26.1 Å². The van der Waals surface area contributed by atoms with E-state index in [-0.39, 0.29) is 11.6 Å². The van der Waals surface area contributed by atoms with Gasteiger partial charge >= 0.3 is 6.09 Å². The molecule has 0 N–H and O–H groups in total. The number of benzene rings is 2. The first-order chi connectivity index (χ1) is 23.6. The standard InChI is InChI=1S/C37H45ClN8O3/c1-26-41-42-34-37(13-14-37)40-33(27-7-10-30(38)11-8-27)31-23-28(9-12-32(31)46(26)34)29-24-39-45(25-29)16-6-22-48-21-5-15-43-17-19-44(20-18-43)35(47)49-36(2,3)4/h7-12,23-25H,5-6,13-22H2,1-4H3. The molecule has 2 aromatic carbocycles. The minimum atomic E-state index is -0.463. The van der Waals surface area contributed by atoms with Crippen molar-refractivity contribution in [1.82, 2.24) is 34.3 Å². The molecule has 0 atom stereocenters. The van der Waals surface area contributed by atoms with Crippen LogP contribution in [0.4, 0.5) is 4.79 Å².